The van der Waals surface area contributed by atoms with Gasteiger partial charge in [0.1, 0.15) is 22.9 Å². The highest BCUT2D eigenvalue weighted by Crippen LogP contribution is 2.39. The fourth-order valence-electron chi connectivity index (χ4n) is 5.59. The van der Waals surface area contributed by atoms with Crippen LogP contribution in [0.3, 0.4) is 0 Å². The molecule has 5 aromatic rings. The van der Waals surface area contributed by atoms with Crippen molar-refractivity contribution < 1.29 is 27.4 Å². The highest BCUT2D eigenvalue weighted by atomic mass is 32.2. The van der Waals surface area contributed by atoms with E-state index in [1.165, 1.54) is 7.11 Å². The number of aromatic nitrogens is 2. The number of hydrogen-bond acceptors (Lipinski definition) is 9. The van der Waals surface area contributed by atoms with Gasteiger partial charge in [-0.2, -0.15) is 4.98 Å². The summed E-state index contributed by atoms with van der Waals surface area (Å²) < 4.78 is 48.8. The molecule has 2 aromatic heterocycles. The van der Waals surface area contributed by atoms with Crippen molar-refractivity contribution >= 4 is 53.9 Å². The van der Waals surface area contributed by atoms with Crippen LogP contribution >= 0.6 is 11.3 Å². The predicted octanol–water partition coefficient (Wildman–Crippen LogP) is 6.56. The smallest absolute Gasteiger partial charge is 0.319 e. The molecule has 49 heavy (non-hydrogen) atoms. The molecular weight excluding hydrogens is 665 g/mol. The minimum absolute atomic E-state index is 0.128. The van der Waals surface area contributed by atoms with E-state index in [0.717, 1.165) is 45.1 Å². The van der Waals surface area contributed by atoms with Crippen LogP contribution in [0.4, 0.5) is 16.2 Å². The summed E-state index contributed by atoms with van der Waals surface area (Å²) >= 11 is 1.61. The van der Waals surface area contributed by atoms with E-state index in [4.69, 9.17) is 19.2 Å². The number of morpholine rings is 1. The Bertz CT molecular complexity index is 2080. The van der Waals surface area contributed by atoms with E-state index in [-0.39, 0.29) is 29.1 Å². The second kappa shape index (κ2) is 14.2. The number of carbonyl (C=O) groups is 1. The van der Waals surface area contributed by atoms with Gasteiger partial charge in [-0.25, -0.2) is 13.2 Å². The van der Waals surface area contributed by atoms with Gasteiger partial charge in [0, 0.05) is 31.7 Å². The molecule has 3 aromatic carbocycles. The molecule has 0 aliphatic carbocycles. The number of fused-ring (bicyclic) bond motifs is 3. The lowest BCUT2D eigenvalue weighted by atomic mass is 9.86. The van der Waals surface area contributed by atoms with Gasteiger partial charge < -0.3 is 24.8 Å². The van der Waals surface area contributed by atoms with Crippen LogP contribution in [0.2, 0.25) is 0 Å². The first-order chi connectivity index (χ1) is 23.5. The number of carbonyl (C=O) groups excluding carboxylic acids is 1. The third-order valence-electron chi connectivity index (χ3n) is 8.38. The number of sulfonamides is 1. The van der Waals surface area contributed by atoms with Crippen molar-refractivity contribution in [3.63, 3.8) is 0 Å². The van der Waals surface area contributed by atoms with Crippen LogP contribution in [0.15, 0.2) is 60.7 Å². The Morgan fingerprint density at radius 1 is 1.04 bits per heavy atom. The minimum atomic E-state index is -3.65. The number of imidazole rings is 1. The molecule has 0 radical (unpaired) electrons. The minimum Gasteiger partial charge on any atom is -0.494 e. The summed E-state index contributed by atoms with van der Waals surface area (Å²) in [5.41, 5.74) is 3.74. The number of methoxy groups -OCH3 is 1. The largest absolute Gasteiger partial charge is 0.494 e. The van der Waals surface area contributed by atoms with Gasteiger partial charge in [-0.15, -0.1) is 0 Å². The summed E-state index contributed by atoms with van der Waals surface area (Å²) in [6.07, 6.45) is 0. The van der Waals surface area contributed by atoms with Gasteiger partial charge in [0.25, 0.3) is 0 Å². The summed E-state index contributed by atoms with van der Waals surface area (Å²) in [5.74, 6) is 1.28. The standard InChI is InChI=1S/C35H42N6O6S2/c1-6-49(43,44)39-25-19-24(35(2,3)4)20-29(45-5)31(25)37-33(42)36-21-23-11-7-9-13-28(23)47-32-27(22-40-15-17-46-18-16-40)41-26-12-8-10-14-30(26)48-34(41)38-32/h7-14,19-20,39H,6,15-18,21-22H2,1-5H3,(H2,36,37,42). The highest BCUT2D eigenvalue weighted by Gasteiger charge is 2.25. The van der Waals surface area contributed by atoms with Gasteiger partial charge in [0.15, 0.2) is 4.96 Å². The van der Waals surface area contributed by atoms with Crippen molar-refractivity contribution in [1.29, 1.82) is 0 Å². The van der Waals surface area contributed by atoms with Crippen molar-refractivity contribution in [3.8, 4) is 17.4 Å². The normalized spacial score (nSPS) is 14.2. The molecule has 0 unspecified atom stereocenters. The van der Waals surface area contributed by atoms with E-state index in [9.17, 15) is 13.2 Å². The Hall–Kier alpha value is -4.37. The van der Waals surface area contributed by atoms with Crippen LogP contribution in [-0.4, -0.2) is 67.9 Å². The van der Waals surface area contributed by atoms with Crippen molar-refractivity contribution in [3.05, 3.63) is 77.5 Å². The lowest BCUT2D eigenvalue weighted by Gasteiger charge is -2.26. The Labute approximate surface area is 290 Å². The molecule has 2 amide bonds. The number of para-hydroxylation sites is 2. The van der Waals surface area contributed by atoms with Gasteiger partial charge in [-0.1, -0.05) is 62.4 Å². The Kier molecular flexibility index (Phi) is 10.0. The predicted molar refractivity (Wildman–Crippen MR) is 194 cm³/mol. The number of urea groups is 1. The quantitative estimate of drug-likeness (QED) is 0.141. The maximum absolute atomic E-state index is 13.3. The fraction of sp³-hybridized carbons (Fsp3) is 0.371. The zero-order valence-corrected chi connectivity index (χ0v) is 30.0. The van der Waals surface area contributed by atoms with Crippen LogP contribution in [0.25, 0.3) is 15.2 Å². The summed E-state index contributed by atoms with van der Waals surface area (Å²) in [4.78, 5) is 21.5. The molecule has 6 rings (SSSR count). The van der Waals surface area contributed by atoms with Gasteiger partial charge in [-0.05, 0) is 48.2 Å². The number of amides is 2. The zero-order chi connectivity index (χ0) is 34.8. The molecule has 12 nitrogen and oxygen atoms in total. The van der Waals surface area contributed by atoms with E-state index in [1.54, 1.807) is 30.4 Å². The summed E-state index contributed by atoms with van der Waals surface area (Å²) in [6, 6.07) is 18.7. The average molecular weight is 707 g/mol. The number of nitrogens with one attached hydrogen (secondary N) is 3. The lowest BCUT2D eigenvalue weighted by molar-refractivity contribution is 0.0333. The molecule has 14 heteroatoms. The fourth-order valence-corrected chi connectivity index (χ4v) is 7.27. The molecule has 3 N–H and O–H groups in total. The van der Waals surface area contributed by atoms with Gasteiger partial charge >= 0.3 is 6.03 Å². The van der Waals surface area contributed by atoms with Crippen LogP contribution < -0.4 is 24.8 Å². The second-order valence-corrected chi connectivity index (χ2v) is 15.8. The topological polar surface area (TPSA) is 136 Å². The molecule has 1 fully saturated rings. The molecule has 0 atom stereocenters. The Balaban J connectivity index is 1.25. The SMILES string of the molecule is CCS(=O)(=O)Nc1cc(C(C)(C)C)cc(OC)c1NC(=O)NCc1ccccc1Oc1nc2sc3ccccc3n2c1CN1CCOCC1. The van der Waals surface area contributed by atoms with Crippen molar-refractivity contribution in [2.24, 2.45) is 0 Å². The first-order valence-electron chi connectivity index (χ1n) is 16.2. The van der Waals surface area contributed by atoms with Crippen LogP contribution in [-0.2, 0) is 33.3 Å². The Morgan fingerprint density at radius 2 is 1.78 bits per heavy atom. The summed E-state index contributed by atoms with van der Waals surface area (Å²) in [6.45, 7) is 11.3. The van der Waals surface area contributed by atoms with Crippen LogP contribution in [0.5, 0.6) is 17.4 Å². The number of anilines is 2. The maximum atomic E-state index is 13.3. The molecule has 1 aliphatic rings. The second-order valence-electron chi connectivity index (χ2n) is 12.8. The number of ether oxygens (including phenoxy) is 3. The molecule has 1 aliphatic heterocycles. The van der Waals surface area contributed by atoms with Crippen molar-refractivity contribution in [2.75, 3.05) is 49.2 Å². The molecular formula is C35H42N6O6S2. The van der Waals surface area contributed by atoms with Crippen molar-refractivity contribution in [1.82, 2.24) is 19.6 Å². The molecule has 3 heterocycles. The van der Waals surface area contributed by atoms with Gasteiger partial charge in [0.2, 0.25) is 15.9 Å². The van der Waals surface area contributed by atoms with E-state index in [0.29, 0.717) is 37.1 Å². The molecule has 260 valence electrons. The van der Waals surface area contributed by atoms with Crippen LogP contribution in [0.1, 0.15) is 44.5 Å². The lowest BCUT2D eigenvalue weighted by Crippen LogP contribution is -2.36. The molecule has 0 saturated carbocycles. The first kappa shape index (κ1) is 34.5. The number of nitrogens with zero attached hydrogens (tertiary/aromatic N) is 3. The number of benzene rings is 3. The van der Waals surface area contributed by atoms with Gasteiger partial charge in [0.05, 0.1) is 42.0 Å². The monoisotopic (exact) mass is 706 g/mol. The zero-order valence-electron chi connectivity index (χ0n) is 28.3. The summed E-state index contributed by atoms with van der Waals surface area (Å²) in [7, 11) is -2.17. The van der Waals surface area contributed by atoms with Crippen molar-refractivity contribution in [2.45, 2.75) is 46.2 Å². The highest BCUT2D eigenvalue weighted by molar-refractivity contribution is 7.92. The first-order valence-corrected chi connectivity index (χ1v) is 18.6. The van der Waals surface area contributed by atoms with E-state index >= 15 is 0 Å². The van der Waals surface area contributed by atoms with E-state index in [1.807, 2.05) is 57.2 Å². The maximum Gasteiger partial charge on any atom is 0.319 e. The van der Waals surface area contributed by atoms with E-state index in [2.05, 4.69) is 36.8 Å². The third-order valence-corrected chi connectivity index (χ3v) is 10.7. The third kappa shape index (κ3) is 7.77. The molecule has 0 spiro atoms. The number of hydrogen-bond donors (Lipinski definition) is 3. The average Bonchev–Trinajstić information content (AvgIpc) is 3.60. The van der Waals surface area contributed by atoms with Gasteiger partial charge in [-0.3, -0.25) is 14.0 Å². The number of rotatable bonds is 11. The number of thiazole rings is 1. The molecule has 1 saturated heterocycles. The molecule has 0 bridgehead atoms. The van der Waals surface area contributed by atoms with E-state index < -0.39 is 16.1 Å². The summed E-state index contributed by atoms with van der Waals surface area (Å²) in [5, 5.41) is 5.70. The van der Waals surface area contributed by atoms with Crippen LogP contribution in [0, 0.1) is 0 Å². The Morgan fingerprint density at radius 3 is 2.51 bits per heavy atom.